The number of ether oxygens (including phenoxy) is 1. The van der Waals surface area contributed by atoms with Gasteiger partial charge in [0.1, 0.15) is 18.0 Å². The zero-order chi connectivity index (χ0) is 22.7. The first kappa shape index (κ1) is 21.5. The van der Waals surface area contributed by atoms with E-state index in [2.05, 4.69) is 10.3 Å². The monoisotopic (exact) mass is 448 g/mol. The van der Waals surface area contributed by atoms with E-state index < -0.39 is 5.91 Å². The zero-order valence-corrected chi connectivity index (χ0v) is 18.4. The van der Waals surface area contributed by atoms with Crippen molar-refractivity contribution in [3.63, 3.8) is 0 Å². The molecule has 1 aliphatic heterocycles. The number of aryl methyl sites for hydroxylation is 1. The number of pyridine rings is 1. The van der Waals surface area contributed by atoms with Crippen molar-refractivity contribution < 1.29 is 14.3 Å². The topological polar surface area (TPSA) is 83.9 Å². The molecule has 2 heterocycles. The molecule has 0 unspecified atom stereocenters. The minimum Gasteiger partial charge on any atom is -0.495 e. The van der Waals surface area contributed by atoms with E-state index in [0.29, 0.717) is 33.7 Å². The number of nitrogens with zero attached hydrogens (tertiary/aromatic N) is 3. The van der Waals surface area contributed by atoms with Gasteiger partial charge in [-0.3, -0.25) is 14.5 Å². The molecule has 1 aliphatic rings. The number of nitrogens with one attached hydrogen (secondary N) is 1. The van der Waals surface area contributed by atoms with E-state index in [4.69, 9.17) is 21.3 Å². The van der Waals surface area contributed by atoms with Gasteiger partial charge in [0.05, 0.1) is 24.9 Å². The van der Waals surface area contributed by atoms with Gasteiger partial charge in [-0.05, 0) is 42.8 Å². The van der Waals surface area contributed by atoms with Gasteiger partial charge in [-0.1, -0.05) is 41.4 Å². The van der Waals surface area contributed by atoms with Gasteiger partial charge in [0.15, 0.2) is 5.82 Å². The van der Waals surface area contributed by atoms with Crippen LogP contribution in [-0.4, -0.2) is 36.2 Å². The molecule has 0 aliphatic carbocycles. The number of benzene rings is 2. The Labute approximate surface area is 190 Å². The number of carbonyl (C=O) groups is 2. The van der Waals surface area contributed by atoms with E-state index in [0.717, 1.165) is 11.1 Å². The molecule has 8 heteroatoms. The van der Waals surface area contributed by atoms with E-state index in [1.54, 1.807) is 36.5 Å². The van der Waals surface area contributed by atoms with Crippen molar-refractivity contribution >= 4 is 46.3 Å². The van der Waals surface area contributed by atoms with Crippen LogP contribution in [0.5, 0.6) is 5.75 Å². The van der Waals surface area contributed by atoms with Crippen molar-refractivity contribution in [1.29, 1.82) is 0 Å². The SMILES string of the molecule is COc1ccc(Cl)cc1NC(=O)CN1C(=O)CC(c2ccc(C)cc2)=Nc2cccnc21. The molecule has 32 heavy (non-hydrogen) atoms. The van der Waals surface area contributed by atoms with Crippen molar-refractivity contribution in [3.05, 3.63) is 76.9 Å². The highest BCUT2D eigenvalue weighted by Gasteiger charge is 2.28. The molecular weight excluding hydrogens is 428 g/mol. The van der Waals surface area contributed by atoms with Crippen LogP contribution in [0.25, 0.3) is 0 Å². The van der Waals surface area contributed by atoms with E-state index >= 15 is 0 Å². The van der Waals surface area contributed by atoms with E-state index in [-0.39, 0.29) is 18.9 Å². The number of hydrogen-bond acceptors (Lipinski definition) is 5. The fourth-order valence-electron chi connectivity index (χ4n) is 3.41. The summed E-state index contributed by atoms with van der Waals surface area (Å²) >= 11 is 6.05. The molecule has 3 aromatic rings. The second-order valence-corrected chi connectivity index (χ2v) is 7.76. The summed E-state index contributed by atoms with van der Waals surface area (Å²) in [5.74, 6) is 0.130. The molecule has 2 aromatic carbocycles. The van der Waals surface area contributed by atoms with Crippen LogP contribution in [0.1, 0.15) is 17.5 Å². The molecule has 7 nitrogen and oxygen atoms in total. The average molecular weight is 449 g/mol. The molecular formula is C24H21ClN4O3. The molecule has 1 N–H and O–H groups in total. The number of aliphatic imine (C=N–C) groups is 1. The van der Waals surface area contributed by atoms with Gasteiger partial charge in [0.25, 0.3) is 0 Å². The predicted molar refractivity (Wildman–Crippen MR) is 125 cm³/mol. The third-order valence-corrected chi connectivity index (χ3v) is 5.25. The Morgan fingerprint density at radius 2 is 1.97 bits per heavy atom. The first-order chi connectivity index (χ1) is 15.4. The normalized spacial score (nSPS) is 13.2. The van der Waals surface area contributed by atoms with Gasteiger partial charge in [-0.15, -0.1) is 0 Å². The van der Waals surface area contributed by atoms with Crippen LogP contribution in [0.3, 0.4) is 0 Å². The van der Waals surface area contributed by atoms with E-state index in [9.17, 15) is 9.59 Å². The molecule has 0 saturated heterocycles. The lowest BCUT2D eigenvalue weighted by Gasteiger charge is -2.21. The second kappa shape index (κ2) is 9.20. The quantitative estimate of drug-likeness (QED) is 0.620. The summed E-state index contributed by atoms with van der Waals surface area (Å²) < 4.78 is 5.28. The fraction of sp³-hybridized carbons (Fsp3) is 0.167. The second-order valence-electron chi connectivity index (χ2n) is 7.32. The summed E-state index contributed by atoms with van der Waals surface area (Å²) in [6.45, 7) is 1.77. The van der Waals surface area contributed by atoms with Gasteiger partial charge in [0.2, 0.25) is 11.8 Å². The molecule has 0 bridgehead atoms. The first-order valence-corrected chi connectivity index (χ1v) is 10.4. The first-order valence-electron chi connectivity index (χ1n) is 9.98. The van der Waals surface area contributed by atoms with Gasteiger partial charge < -0.3 is 10.1 Å². The van der Waals surface area contributed by atoms with Crippen LogP contribution < -0.4 is 15.0 Å². The Kier molecular flexibility index (Phi) is 6.18. The number of aromatic nitrogens is 1. The van der Waals surface area contributed by atoms with Crippen LogP contribution in [-0.2, 0) is 9.59 Å². The van der Waals surface area contributed by atoms with Crippen LogP contribution in [0.15, 0.2) is 65.8 Å². The lowest BCUT2D eigenvalue weighted by atomic mass is 10.1. The van der Waals surface area contributed by atoms with Crippen molar-refractivity contribution in [3.8, 4) is 5.75 Å². The number of methoxy groups -OCH3 is 1. The summed E-state index contributed by atoms with van der Waals surface area (Å²) in [4.78, 5) is 36.4. The Bertz CT molecular complexity index is 1210. The van der Waals surface area contributed by atoms with E-state index in [1.807, 2.05) is 31.2 Å². The largest absolute Gasteiger partial charge is 0.495 e. The van der Waals surface area contributed by atoms with Gasteiger partial charge in [0, 0.05) is 11.2 Å². The number of anilines is 2. The summed E-state index contributed by atoms with van der Waals surface area (Å²) in [5.41, 5.74) is 3.55. The number of fused-ring (bicyclic) bond motifs is 1. The molecule has 0 spiro atoms. The minimum atomic E-state index is -0.408. The number of hydrogen-bond donors (Lipinski definition) is 1. The van der Waals surface area contributed by atoms with Crippen molar-refractivity contribution in [2.45, 2.75) is 13.3 Å². The highest BCUT2D eigenvalue weighted by atomic mass is 35.5. The molecule has 2 amide bonds. The summed E-state index contributed by atoms with van der Waals surface area (Å²) in [5, 5.41) is 3.22. The minimum absolute atomic E-state index is 0.0488. The molecule has 0 saturated carbocycles. The standard InChI is InChI=1S/C24H21ClN4O3/c1-15-5-7-16(8-6-15)19-13-23(31)29(24-18(27-19)4-3-11-26-24)14-22(30)28-20-12-17(25)9-10-21(20)32-2/h3-12H,13-14H2,1-2H3,(H,28,30). The Morgan fingerprint density at radius 3 is 2.72 bits per heavy atom. The summed E-state index contributed by atoms with van der Waals surface area (Å²) in [7, 11) is 1.50. The number of amides is 2. The lowest BCUT2D eigenvalue weighted by molar-refractivity contribution is -0.120. The number of halogens is 1. The molecule has 0 atom stereocenters. The molecule has 4 rings (SSSR count). The van der Waals surface area contributed by atoms with Gasteiger partial charge in [-0.25, -0.2) is 9.98 Å². The van der Waals surface area contributed by atoms with Crippen molar-refractivity contribution in [2.75, 3.05) is 23.9 Å². The molecule has 1 aromatic heterocycles. The highest BCUT2D eigenvalue weighted by Crippen LogP contribution is 2.31. The van der Waals surface area contributed by atoms with Crippen LogP contribution in [0.2, 0.25) is 5.02 Å². The third-order valence-electron chi connectivity index (χ3n) is 5.02. The van der Waals surface area contributed by atoms with Crippen LogP contribution in [0.4, 0.5) is 17.2 Å². The molecule has 0 fully saturated rings. The van der Waals surface area contributed by atoms with Crippen LogP contribution in [0, 0.1) is 6.92 Å². The zero-order valence-electron chi connectivity index (χ0n) is 17.6. The highest BCUT2D eigenvalue weighted by molar-refractivity contribution is 6.31. The number of rotatable bonds is 5. The Balaban J connectivity index is 1.61. The number of carbonyl (C=O) groups excluding carboxylic acids is 2. The Hall–Kier alpha value is -3.71. The van der Waals surface area contributed by atoms with Gasteiger partial charge >= 0.3 is 0 Å². The van der Waals surface area contributed by atoms with Crippen molar-refractivity contribution in [2.24, 2.45) is 4.99 Å². The molecule has 0 radical (unpaired) electrons. The van der Waals surface area contributed by atoms with E-state index in [1.165, 1.54) is 12.0 Å². The summed E-state index contributed by atoms with van der Waals surface area (Å²) in [6, 6.07) is 16.3. The third kappa shape index (κ3) is 4.63. The van der Waals surface area contributed by atoms with Gasteiger partial charge in [-0.2, -0.15) is 0 Å². The Morgan fingerprint density at radius 1 is 1.19 bits per heavy atom. The molecule has 162 valence electrons. The van der Waals surface area contributed by atoms with Crippen LogP contribution >= 0.6 is 11.6 Å². The maximum absolute atomic E-state index is 13.2. The maximum Gasteiger partial charge on any atom is 0.244 e. The smallest absolute Gasteiger partial charge is 0.244 e. The average Bonchev–Trinajstić information content (AvgIpc) is 2.91. The van der Waals surface area contributed by atoms with Crippen molar-refractivity contribution in [1.82, 2.24) is 4.98 Å². The predicted octanol–water partition coefficient (Wildman–Crippen LogP) is 4.55. The maximum atomic E-state index is 13.2. The lowest BCUT2D eigenvalue weighted by Crippen LogP contribution is -2.39. The fourth-order valence-corrected chi connectivity index (χ4v) is 3.58. The summed E-state index contributed by atoms with van der Waals surface area (Å²) in [6.07, 6.45) is 1.62.